The quantitative estimate of drug-likeness (QED) is 0.277. The van der Waals surface area contributed by atoms with Crippen molar-refractivity contribution in [3.8, 4) is 5.75 Å². The highest BCUT2D eigenvalue weighted by Crippen LogP contribution is 2.17. The lowest BCUT2D eigenvalue weighted by Gasteiger charge is -2.09. The Balaban J connectivity index is 1.45. The van der Waals surface area contributed by atoms with Crippen molar-refractivity contribution in [1.29, 1.82) is 0 Å². The van der Waals surface area contributed by atoms with E-state index < -0.39 is 0 Å². The summed E-state index contributed by atoms with van der Waals surface area (Å²) in [5.41, 5.74) is 1.66. The fourth-order valence-corrected chi connectivity index (χ4v) is 3.83. The molecule has 1 heterocycles. The van der Waals surface area contributed by atoms with Gasteiger partial charge in [-0.1, -0.05) is 29.3 Å². The second kappa shape index (κ2) is 11.7. The molecule has 0 atom stereocenters. The normalized spacial score (nSPS) is 11.2. The first-order valence-corrected chi connectivity index (χ1v) is 12.3. The van der Waals surface area contributed by atoms with Gasteiger partial charge < -0.3 is 10.1 Å². The first-order valence-electron chi connectivity index (χ1n) is 11.5. The average molecular weight is 551 g/mol. The van der Waals surface area contributed by atoms with Crippen LogP contribution in [0.2, 0.25) is 0 Å². The van der Waals surface area contributed by atoms with Crippen LogP contribution in [-0.2, 0) is 11.2 Å². The molecule has 1 aromatic heterocycles. The Kier molecular flexibility index (Phi) is 8.22. The third kappa shape index (κ3) is 6.42. The topological polar surface area (TPSA) is 85.6 Å². The van der Waals surface area contributed by atoms with Gasteiger partial charge in [0, 0.05) is 16.6 Å². The first-order chi connectivity index (χ1) is 17.4. The summed E-state index contributed by atoms with van der Waals surface area (Å²) in [6.45, 7) is 1.89. The second-order valence-electron chi connectivity index (χ2n) is 8.07. The molecule has 9 heteroatoms. The molecule has 3 aromatic carbocycles. The van der Waals surface area contributed by atoms with Crippen LogP contribution in [0.1, 0.15) is 31.2 Å². The minimum atomic E-state index is -0.375. The average Bonchev–Trinajstić information content (AvgIpc) is 2.88. The molecule has 0 aliphatic heterocycles. The number of anilines is 1. The number of ether oxygens (including phenoxy) is 1. The van der Waals surface area contributed by atoms with Crippen LogP contribution in [0.3, 0.4) is 0 Å². The molecule has 1 amide bonds. The van der Waals surface area contributed by atoms with Crippen LogP contribution in [0.15, 0.2) is 81.1 Å². The summed E-state index contributed by atoms with van der Waals surface area (Å²) >= 11 is 3.41. The molecule has 0 spiro atoms. The van der Waals surface area contributed by atoms with E-state index in [0.29, 0.717) is 34.6 Å². The molecule has 184 valence electrons. The van der Waals surface area contributed by atoms with Crippen molar-refractivity contribution in [3.05, 3.63) is 98.8 Å². The van der Waals surface area contributed by atoms with Crippen LogP contribution in [0.5, 0.6) is 5.75 Å². The van der Waals surface area contributed by atoms with E-state index >= 15 is 0 Å². The number of carbonyl (C=O) groups excluding carboxylic acids is 1. The van der Waals surface area contributed by atoms with Crippen LogP contribution >= 0.6 is 15.9 Å². The number of aromatic nitrogens is 2. The highest BCUT2D eigenvalue weighted by Gasteiger charge is 2.11. The molecule has 0 aliphatic carbocycles. The lowest BCUT2D eigenvalue weighted by atomic mass is 10.2. The Hall–Kier alpha value is -3.85. The van der Waals surface area contributed by atoms with Crippen LogP contribution < -0.4 is 15.6 Å². The van der Waals surface area contributed by atoms with Gasteiger partial charge in [0.2, 0.25) is 0 Å². The summed E-state index contributed by atoms with van der Waals surface area (Å²) in [5, 5.41) is 7.56. The van der Waals surface area contributed by atoms with Crippen molar-refractivity contribution in [2.75, 3.05) is 11.9 Å². The summed E-state index contributed by atoms with van der Waals surface area (Å²) in [4.78, 5) is 29.9. The lowest BCUT2D eigenvalue weighted by molar-refractivity contribution is -0.118. The number of aryl methyl sites for hydroxylation is 1. The van der Waals surface area contributed by atoms with Gasteiger partial charge in [0.05, 0.1) is 17.1 Å². The van der Waals surface area contributed by atoms with Crippen LogP contribution in [0.4, 0.5) is 10.1 Å². The van der Waals surface area contributed by atoms with Crippen molar-refractivity contribution >= 4 is 44.6 Å². The van der Waals surface area contributed by atoms with Crippen molar-refractivity contribution in [3.63, 3.8) is 0 Å². The van der Waals surface area contributed by atoms with Gasteiger partial charge in [0.1, 0.15) is 17.4 Å². The number of hydrogen-bond acceptors (Lipinski definition) is 5. The summed E-state index contributed by atoms with van der Waals surface area (Å²) in [5.74, 6) is 0.376. The molecular formula is C27H24BrFN4O3. The van der Waals surface area contributed by atoms with Gasteiger partial charge in [-0.05, 0) is 78.7 Å². The Morgan fingerprint density at radius 2 is 1.89 bits per heavy atom. The number of nitrogens with one attached hydrogen (secondary N) is 1. The number of unbranched alkanes of at least 4 members (excludes halogenated alkanes) is 1. The smallest absolute Gasteiger partial charge is 0.282 e. The molecule has 1 N–H and O–H groups in total. The predicted octanol–water partition coefficient (Wildman–Crippen LogP) is 5.54. The van der Waals surface area contributed by atoms with E-state index in [9.17, 15) is 14.0 Å². The standard InChI is InChI=1S/C27H24BrFN4O3/c1-2-3-4-25-32-24-14-7-19(28)15-23(24)27(35)33(25)30-16-18-5-12-22(13-6-18)36-17-26(34)31-21-10-8-20(29)9-11-21/h5-16H,2-4,17H2,1H3,(H,31,34). The first kappa shape index (κ1) is 25.2. The van der Waals surface area contributed by atoms with E-state index in [1.807, 2.05) is 12.1 Å². The number of hydrogen-bond donors (Lipinski definition) is 1. The predicted molar refractivity (Wildman–Crippen MR) is 142 cm³/mol. The number of fused-ring (bicyclic) bond motifs is 1. The van der Waals surface area contributed by atoms with Gasteiger partial charge in [-0.15, -0.1) is 0 Å². The minimum Gasteiger partial charge on any atom is -0.484 e. The summed E-state index contributed by atoms with van der Waals surface area (Å²) in [7, 11) is 0. The fourth-order valence-electron chi connectivity index (χ4n) is 3.46. The van der Waals surface area contributed by atoms with Gasteiger partial charge in [-0.25, -0.2) is 9.37 Å². The Bertz CT molecular complexity index is 1450. The lowest BCUT2D eigenvalue weighted by Crippen LogP contribution is -2.22. The third-order valence-corrected chi connectivity index (χ3v) is 5.82. The molecule has 7 nitrogen and oxygen atoms in total. The van der Waals surface area contributed by atoms with Gasteiger partial charge >= 0.3 is 0 Å². The molecule has 0 saturated carbocycles. The van der Waals surface area contributed by atoms with Gasteiger partial charge in [-0.3, -0.25) is 9.59 Å². The molecular weight excluding hydrogens is 527 g/mol. The van der Waals surface area contributed by atoms with Crippen molar-refractivity contribution in [2.24, 2.45) is 5.10 Å². The minimum absolute atomic E-state index is 0.195. The largest absolute Gasteiger partial charge is 0.484 e. The highest BCUT2D eigenvalue weighted by molar-refractivity contribution is 9.10. The molecule has 4 rings (SSSR count). The number of benzene rings is 3. The van der Waals surface area contributed by atoms with E-state index in [2.05, 4.69) is 38.3 Å². The van der Waals surface area contributed by atoms with Crippen LogP contribution in [0.25, 0.3) is 10.9 Å². The van der Waals surface area contributed by atoms with Gasteiger partial charge in [-0.2, -0.15) is 9.78 Å². The number of rotatable bonds is 9. The fraction of sp³-hybridized carbons (Fsp3) is 0.185. The van der Waals surface area contributed by atoms with E-state index in [4.69, 9.17) is 4.74 Å². The van der Waals surface area contributed by atoms with E-state index in [0.717, 1.165) is 22.9 Å². The zero-order chi connectivity index (χ0) is 25.5. The molecule has 0 fully saturated rings. The molecule has 0 aliphatic rings. The van der Waals surface area contributed by atoms with Gasteiger partial charge in [0.25, 0.3) is 11.5 Å². The maximum atomic E-state index is 13.1. The van der Waals surface area contributed by atoms with E-state index in [1.165, 1.54) is 28.9 Å². The van der Waals surface area contributed by atoms with Crippen molar-refractivity contribution in [1.82, 2.24) is 9.66 Å². The van der Waals surface area contributed by atoms with Crippen molar-refractivity contribution < 1.29 is 13.9 Å². The summed E-state index contributed by atoms with van der Waals surface area (Å²) < 4.78 is 20.7. The molecule has 4 aromatic rings. The van der Waals surface area contributed by atoms with Gasteiger partial charge in [0.15, 0.2) is 6.61 Å². The van der Waals surface area contributed by atoms with Crippen molar-refractivity contribution in [2.45, 2.75) is 26.2 Å². The number of carbonyl (C=O) groups is 1. The highest BCUT2D eigenvalue weighted by atomic mass is 79.9. The molecule has 0 saturated heterocycles. The maximum absolute atomic E-state index is 13.1. The summed E-state index contributed by atoms with van der Waals surface area (Å²) in [6.07, 6.45) is 4.10. The zero-order valence-electron chi connectivity index (χ0n) is 19.6. The number of amides is 1. The Labute approximate surface area is 215 Å². The van der Waals surface area contributed by atoms with E-state index in [1.54, 1.807) is 36.5 Å². The van der Waals surface area contributed by atoms with Crippen LogP contribution in [-0.4, -0.2) is 28.4 Å². The monoisotopic (exact) mass is 550 g/mol. The number of halogens is 2. The summed E-state index contributed by atoms with van der Waals surface area (Å²) in [6, 6.07) is 17.9. The zero-order valence-corrected chi connectivity index (χ0v) is 21.2. The molecule has 0 bridgehead atoms. The number of nitrogens with zero attached hydrogens (tertiary/aromatic N) is 3. The molecule has 0 radical (unpaired) electrons. The van der Waals surface area contributed by atoms with Crippen LogP contribution in [0, 0.1) is 5.82 Å². The Morgan fingerprint density at radius 1 is 1.14 bits per heavy atom. The molecule has 36 heavy (non-hydrogen) atoms. The SMILES string of the molecule is CCCCc1nc2ccc(Br)cc2c(=O)n1N=Cc1ccc(OCC(=O)Nc2ccc(F)cc2)cc1. The Morgan fingerprint density at radius 3 is 2.61 bits per heavy atom. The van der Waals surface area contributed by atoms with E-state index in [-0.39, 0.29) is 23.9 Å². The molecule has 0 unspecified atom stereocenters. The second-order valence-corrected chi connectivity index (χ2v) is 8.98. The maximum Gasteiger partial charge on any atom is 0.282 e. The third-order valence-electron chi connectivity index (χ3n) is 5.33.